The molecule has 0 radical (unpaired) electrons. The van der Waals surface area contributed by atoms with Crippen molar-refractivity contribution in [3.8, 4) is 5.75 Å². The molecular weight excluding hydrogens is 168 g/mol. The Morgan fingerprint density at radius 1 is 1.54 bits per heavy atom. The first-order chi connectivity index (χ1) is 6.33. The molecule has 13 heavy (non-hydrogen) atoms. The topological polar surface area (TPSA) is 67.8 Å². The number of nitrogens with zero attached hydrogens (tertiary/aromatic N) is 1. The van der Waals surface area contributed by atoms with E-state index in [0.29, 0.717) is 6.61 Å². The van der Waals surface area contributed by atoms with Gasteiger partial charge in [0.25, 0.3) is 0 Å². The Hall–Kier alpha value is -1.71. The number of oxime groups is 1. The molecule has 0 fully saturated rings. The lowest BCUT2D eigenvalue weighted by molar-refractivity contribution is 0.310. The van der Waals surface area contributed by atoms with Crippen LogP contribution in [-0.4, -0.2) is 17.6 Å². The van der Waals surface area contributed by atoms with Crippen molar-refractivity contribution in [1.29, 1.82) is 0 Å². The second kappa shape index (κ2) is 2.97. The average molecular weight is 178 g/mol. The van der Waals surface area contributed by atoms with Crippen molar-refractivity contribution in [2.75, 3.05) is 6.61 Å². The second-order valence-corrected chi connectivity index (χ2v) is 2.93. The molecule has 1 heterocycles. The summed E-state index contributed by atoms with van der Waals surface area (Å²) in [5.41, 5.74) is 6.50. The monoisotopic (exact) mass is 178 g/mol. The molecule has 0 aliphatic carbocycles. The molecule has 1 atom stereocenters. The molecule has 0 spiro atoms. The average Bonchev–Trinajstić information content (AvgIpc) is 2.60. The molecule has 1 unspecified atom stereocenters. The third kappa shape index (κ3) is 1.20. The van der Waals surface area contributed by atoms with Crippen molar-refractivity contribution >= 4 is 5.84 Å². The fraction of sp³-hybridized carbons (Fsp3) is 0.222. The third-order valence-electron chi connectivity index (χ3n) is 2.17. The maximum Gasteiger partial charge on any atom is 0.150 e. The van der Waals surface area contributed by atoms with Crippen LogP contribution in [-0.2, 0) is 0 Å². The molecule has 0 aromatic heterocycles. The van der Waals surface area contributed by atoms with Gasteiger partial charge in [-0.05, 0) is 6.07 Å². The fourth-order valence-corrected chi connectivity index (χ4v) is 1.48. The van der Waals surface area contributed by atoms with Crippen LogP contribution in [0.25, 0.3) is 0 Å². The number of para-hydroxylation sites is 1. The Labute approximate surface area is 75.6 Å². The molecule has 1 aliphatic heterocycles. The number of rotatable bonds is 1. The Bertz CT molecular complexity index is 349. The fourth-order valence-electron chi connectivity index (χ4n) is 1.48. The summed E-state index contributed by atoms with van der Waals surface area (Å²) in [5, 5.41) is 11.5. The van der Waals surface area contributed by atoms with Crippen molar-refractivity contribution in [1.82, 2.24) is 0 Å². The van der Waals surface area contributed by atoms with Gasteiger partial charge in [0.1, 0.15) is 18.2 Å². The molecule has 3 N–H and O–H groups in total. The number of amidine groups is 1. The summed E-state index contributed by atoms with van der Waals surface area (Å²) >= 11 is 0. The largest absolute Gasteiger partial charge is 0.492 e. The first-order valence-electron chi connectivity index (χ1n) is 4.02. The van der Waals surface area contributed by atoms with Gasteiger partial charge in [0, 0.05) is 5.56 Å². The molecule has 0 amide bonds. The van der Waals surface area contributed by atoms with Gasteiger partial charge in [-0.25, -0.2) is 0 Å². The Kier molecular flexibility index (Phi) is 1.81. The molecular formula is C9H10N2O2. The molecule has 0 saturated heterocycles. The maximum atomic E-state index is 8.53. The highest BCUT2D eigenvalue weighted by Crippen LogP contribution is 2.33. The van der Waals surface area contributed by atoms with Crippen molar-refractivity contribution in [2.24, 2.45) is 10.9 Å². The molecule has 1 aliphatic rings. The highest BCUT2D eigenvalue weighted by molar-refractivity contribution is 5.88. The summed E-state index contributed by atoms with van der Waals surface area (Å²) in [7, 11) is 0. The summed E-state index contributed by atoms with van der Waals surface area (Å²) in [6, 6.07) is 7.60. The standard InChI is InChI=1S/C9H10N2O2/c10-9(11-12)7-5-13-8-4-2-1-3-6(7)8/h1-4,7,12H,5H2,(H2,10,11). The zero-order valence-corrected chi connectivity index (χ0v) is 6.97. The van der Waals surface area contributed by atoms with Gasteiger partial charge in [-0.1, -0.05) is 23.4 Å². The number of hydrogen-bond donors (Lipinski definition) is 2. The number of ether oxygens (including phenoxy) is 1. The summed E-state index contributed by atoms with van der Waals surface area (Å²) in [6.07, 6.45) is 0. The molecule has 1 aromatic carbocycles. The van der Waals surface area contributed by atoms with E-state index in [1.165, 1.54) is 0 Å². The summed E-state index contributed by atoms with van der Waals surface area (Å²) in [6.45, 7) is 0.454. The van der Waals surface area contributed by atoms with Crippen molar-refractivity contribution < 1.29 is 9.94 Å². The predicted octanol–water partition coefficient (Wildman–Crippen LogP) is 0.909. The minimum absolute atomic E-state index is 0.110. The first kappa shape index (κ1) is 7.91. The lowest BCUT2D eigenvalue weighted by Gasteiger charge is -2.04. The van der Waals surface area contributed by atoms with E-state index in [1.54, 1.807) is 0 Å². The summed E-state index contributed by atoms with van der Waals surface area (Å²) in [4.78, 5) is 0. The smallest absolute Gasteiger partial charge is 0.150 e. The van der Waals surface area contributed by atoms with Crippen LogP contribution in [0.5, 0.6) is 5.75 Å². The molecule has 1 aromatic rings. The van der Waals surface area contributed by atoms with Crippen molar-refractivity contribution in [2.45, 2.75) is 5.92 Å². The first-order valence-corrected chi connectivity index (χ1v) is 4.02. The highest BCUT2D eigenvalue weighted by Gasteiger charge is 2.26. The van der Waals surface area contributed by atoms with Crippen LogP contribution in [0.2, 0.25) is 0 Å². The van der Waals surface area contributed by atoms with Gasteiger partial charge >= 0.3 is 0 Å². The van der Waals surface area contributed by atoms with Crippen LogP contribution in [0.15, 0.2) is 29.4 Å². The van der Waals surface area contributed by atoms with Crippen LogP contribution in [0.4, 0.5) is 0 Å². The van der Waals surface area contributed by atoms with E-state index in [0.717, 1.165) is 11.3 Å². The van der Waals surface area contributed by atoms with Gasteiger partial charge in [-0.3, -0.25) is 0 Å². The Morgan fingerprint density at radius 2 is 2.31 bits per heavy atom. The maximum absolute atomic E-state index is 8.53. The van der Waals surface area contributed by atoms with Gasteiger partial charge in [-0.2, -0.15) is 0 Å². The minimum Gasteiger partial charge on any atom is -0.492 e. The lowest BCUT2D eigenvalue weighted by Crippen LogP contribution is -2.22. The van der Waals surface area contributed by atoms with E-state index < -0.39 is 0 Å². The van der Waals surface area contributed by atoms with Crippen molar-refractivity contribution in [3.05, 3.63) is 29.8 Å². The zero-order chi connectivity index (χ0) is 9.26. The lowest BCUT2D eigenvalue weighted by atomic mass is 10.0. The SMILES string of the molecule is N/C(=N\O)C1COc2ccccc21. The van der Waals surface area contributed by atoms with Gasteiger partial charge in [0.05, 0.1) is 5.92 Å². The van der Waals surface area contributed by atoms with Crippen LogP contribution >= 0.6 is 0 Å². The quantitative estimate of drug-likeness (QED) is 0.290. The van der Waals surface area contributed by atoms with Crippen molar-refractivity contribution in [3.63, 3.8) is 0 Å². The van der Waals surface area contributed by atoms with E-state index in [4.69, 9.17) is 15.7 Å². The van der Waals surface area contributed by atoms with Crippen LogP contribution in [0.3, 0.4) is 0 Å². The molecule has 0 saturated carbocycles. The Morgan fingerprint density at radius 3 is 3.08 bits per heavy atom. The molecule has 2 rings (SSSR count). The zero-order valence-electron chi connectivity index (χ0n) is 6.97. The molecule has 4 nitrogen and oxygen atoms in total. The minimum atomic E-state index is -0.110. The highest BCUT2D eigenvalue weighted by atomic mass is 16.5. The van der Waals surface area contributed by atoms with E-state index in [2.05, 4.69) is 5.16 Å². The second-order valence-electron chi connectivity index (χ2n) is 2.93. The predicted molar refractivity (Wildman–Crippen MR) is 48.1 cm³/mol. The van der Waals surface area contributed by atoms with E-state index in [9.17, 15) is 0 Å². The number of nitrogens with two attached hydrogens (primary N) is 1. The van der Waals surface area contributed by atoms with E-state index >= 15 is 0 Å². The summed E-state index contributed by atoms with van der Waals surface area (Å²) < 4.78 is 5.36. The number of benzene rings is 1. The normalized spacial score (nSPS) is 20.9. The molecule has 0 bridgehead atoms. The third-order valence-corrected chi connectivity index (χ3v) is 2.17. The Balaban J connectivity index is 2.39. The number of hydrogen-bond acceptors (Lipinski definition) is 3. The van der Waals surface area contributed by atoms with E-state index in [-0.39, 0.29) is 11.8 Å². The van der Waals surface area contributed by atoms with Crippen LogP contribution < -0.4 is 10.5 Å². The van der Waals surface area contributed by atoms with E-state index in [1.807, 2.05) is 24.3 Å². The van der Waals surface area contributed by atoms with Gasteiger partial charge < -0.3 is 15.7 Å². The summed E-state index contributed by atoms with van der Waals surface area (Å²) in [5.74, 6) is 0.908. The van der Waals surface area contributed by atoms with Gasteiger partial charge in [-0.15, -0.1) is 0 Å². The van der Waals surface area contributed by atoms with Crippen LogP contribution in [0, 0.1) is 0 Å². The van der Waals surface area contributed by atoms with Gasteiger partial charge in [0.15, 0.2) is 0 Å². The van der Waals surface area contributed by atoms with Gasteiger partial charge in [0.2, 0.25) is 0 Å². The molecule has 68 valence electrons. The number of fused-ring (bicyclic) bond motifs is 1. The molecule has 4 heteroatoms. The van der Waals surface area contributed by atoms with Crippen LogP contribution in [0.1, 0.15) is 11.5 Å².